The number of aromatic nitrogens is 1. The predicted octanol–water partition coefficient (Wildman–Crippen LogP) is 1.78. The van der Waals surface area contributed by atoms with Crippen molar-refractivity contribution in [1.82, 2.24) is 9.88 Å². The highest BCUT2D eigenvalue weighted by atomic mass is 16.3. The number of aliphatic hydroxyl groups is 1. The third kappa shape index (κ3) is 4.03. The van der Waals surface area contributed by atoms with Crippen LogP contribution in [0.3, 0.4) is 0 Å². The van der Waals surface area contributed by atoms with Gasteiger partial charge in [-0.25, -0.2) is 0 Å². The van der Waals surface area contributed by atoms with Crippen LogP contribution in [0, 0.1) is 0 Å². The van der Waals surface area contributed by atoms with E-state index in [0.717, 1.165) is 24.8 Å². The number of carbonyl (C=O) groups is 1. The molecule has 104 valence electrons. The summed E-state index contributed by atoms with van der Waals surface area (Å²) in [6.07, 6.45) is 8.97. The van der Waals surface area contributed by atoms with Gasteiger partial charge in [-0.2, -0.15) is 0 Å². The Morgan fingerprint density at radius 3 is 2.68 bits per heavy atom. The zero-order chi connectivity index (χ0) is 13.5. The summed E-state index contributed by atoms with van der Waals surface area (Å²) in [5.41, 5.74) is 1.15. The molecule has 1 aliphatic carbocycles. The Morgan fingerprint density at radius 1 is 1.37 bits per heavy atom. The minimum atomic E-state index is 0.154. The van der Waals surface area contributed by atoms with E-state index in [1.54, 1.807) is 12.4 Å². The predicted molar refractivity (Wildman–Crippen MR) is 73.6 cm³/mol. The molecule has 1 N–H and O–H groups in total. The lowest BCUT2D eigenvalue weighted by atomic mass is 9.91. The molecule has 19 heavy (non-hydrogen) atoms. The van der Waals surface area contributed by atoms with Crippen molar-refractivity contribution in [1.29, 1.82) is 0 Å². The molecule has 0 atom stereocenters. The number of rotatable bonds is 7. The van der Waals surface area contributed by atoms with Gasteiger partial charge in [-0.3, -0.25) is 9.78 Å². The van der Waals surface area contributed by atoms with Gasteiger partial charge in [0.1, 0.15) is 0 Å². The van der Waals surface area contributed by atoms with Gasteiger partial charge in [0.25, 0.3) is 0 Å². The van der Waals surface area contributed by atoms with E-state index in [4.69, 9.17) is 5.11 Å². The van der Waals surface area contributed by atoms with Crippen molar-refractivity contribution in [3.05, 3.63) is 30.1 Å². The first-order valence-electron chi connectivity index (χ1n) is 7.10. The Labute approximate surface area is 114 Å². The molecule has 0 aliphatic heterocycles. The maximum absolute atomic E-state index is 12.3. The number of hydrogen-bond acceptors (Lipinski definition) is 3. The van der Waals surface area contributed by atoms with Crippen LogP contribution in [0.1, 0.15) is 37.7 Å². The smallest absolute Gasteiger partial charge is 0.223 e. The summed E-state index contributed by atoms with van der Waals surface area (Å²) >= 11 is 0. The zero-order valence-corrected chi connectivity index (χ0v) is 11.3. The first-order chi connectivity index (χ1) is 9.31. The van der Waals surface area contributed by atoms with Gasteiger partial charge in [0.2, 0.25) is 5.91 Å². The average molecular weight is 262 g/mol. The molecule has 2 rings (SSSR count). The summed E-state index contributed by atoms with van der Waals surface area (Å²) in [7, 11) is 0. The number of pyridine rings is 1. The highest BCUT2D eigenvalue weighted by molar-refractivity contribution is 5.76. The summed E-state index contributed by atoms with van der Waals surface area (Å²) in [4.78, 5) is 18.2. The van der Waals surface area contributed by atoms with Crippen molar-refractivity contribution in [2.75, 3.05) is 13.2 Å². The zero-order valence-electron chi connectivity index (χ0n) is 11.3. The fourth-order valence-corrected chi connectivity index (χ4v) is 2.39. The Bertz CT molecular complexity index is 390. The number of hydrogen-bond donors (Lipinski definition) is 1. The molecule has 1 saturated carbocycles. The Morgan fingerprint density at radius 2 is 2.11 bits per heavy atom. The van der Waals surface area contributed by atoms with E-state index in [2.05, 4.69) is 4.98 Å². The van der Waals surface area contributed by atoms with Gasteiger partial charge in [0.15, 0.2) is 0 Å². The maximum Gasteiger partial charge on any atom is 0.223 e. The second kappa shape index (κ2) is 7.24. The van der Waals surface area contributed by atoms with Crippen LogP contribution in [-0.4, -0.2) is 40.1 Å². The van der Waals surface area contributed by atoms with Crippen molar-refractivity contribution in [3.63, 3.8) is 0 Å². The number of aliphatic hydroxyl groups excluding tert-OH is 1. The van der Waals surface area contributed by atoms with Gasteiger partial charge >= 0.3 is 0 Å². The lowest BCUT2D eigenvalue weighted by Crippen LogP contribution is -2.45. The molecule has 0 spiro atoms. The third-order valence-electron chi connectivity index (χ3n) is 3.77. The van der Waals surface area contributed by atoms with Crippen LogP contribution < -0.4 is 0 Å². The van der Waals surface area contributed by atoms with E-state index in [9.17, 15) is 4.79 Å². The maximum atomic E-state index is 12.3. The van der Waals surface area contributed by atoms with Crippen molar-refractivity contribution >= 4 is 5.91 Å². The minimum Gasteiger partial charge on any atom is -0.396 e. The fraction of sp³-hybridized carbons (Fsp3) is 0.600. The van der Waals surface area contributed by atoms with E-state index >= 15 is 0 Å². The standard InChI is InChI=1S/C15H22N2O2/c18-12-2-11-17(14-3-1-4-14)15(19)6-5-13-7-9-16-10-8-13/h7-10,14,18H,1-6,11-12H2. The van der Waals surface area contributed by atoms with Crippen LogP contribution in [0.2, 0.25) is 0 Å². The van der Waals surface area contributed by atoms with Gasteiger partial charge in [-0.1, -0.05) is 0 Å². The van der Waals surface area contributed by atoms with Gasteiger partial charge in [0.05, 0.1) is 0 Å². The molecule has 1 aromatic heterocycles. The number of amides is 1. The van der Waals surface area contributed by atoms with E-state index in [-0.39, 0.29) is 12.5 Å². The molecule has 4 nitrogen and oxygen atoms in total. The SMILES string of the molecule is O=C(CCc1ccncc1)N(CCCO)C1CCC1. The van der Waals surface area contributed by atoms with E-state index in [1.165, 1.54) is 6.42 Å². The molecule has 0 unspecified atom stereocenters. The molecule has 1 aromatic rings. The second-order valence-electron chi connectivity index (χ2n) is 5.10. The number of aryl methyl sites for hydroxylation is 1. The fourth-order valence-electron chi connectivity index (χ4n) is 2.39. The van der Waals surface area contributed by atoms with Crippen molar-refractivity contribution in [2.24, 2.45) is 0 Å². The molecular formula is C15H22N2O2. The molecule has 0 radical (unpaired) electrons. The van der Waals surface area contributed by atoms with Gasteiger partial charge in [0, 0.05) is 38.0 Å². The van der Waals surface area contributed by atoms with Crippen molar-refractivity contribution < 1.29 is 9.90 Å². The van der Waals surface area contributed by atoms with Crippen LogP contribution in [0.4, 0.5) is 0 Å². The van der Waals surface area contributed by atoms with Crippen LogP contribution in [0.5, 0.6) is 0 Å². The van der Waals surface area contributed by atoms with Crippen LogP contribution in [-0.2, 0) is 11.2 Å². The normalized spacial score (nSPS) is 15.0. The molecule has 1 heterocycles. The summed E-state index contributed by atoms with van der Waals surface area (Å²) < 4.78 is 0. The monoisotopic (exact) mass is 262 g/mol. The Kier molecular flexibility index (Phi) is 5.33. The average Bonchev–Trinajstić information content (AvgIpc) is 2.39. The molecule has 0 bridgehead atoms. The number of carbonyl (C=O) groups excluding carboxylic acids is 1. The molecule has 0 saturated heterocycles. The molecule has 1 aliphatic rings. The van der Waals surface area contributed by atoms with E-state index < -0.39 is 0 Å². The Balaban J connectivity index is 1.84. The van der Waals surface area contributed by atoms with Gasteiger partial charge in [-0.15, -0.1) is 0 Å². The molecule has 1 amide bonds. The van der Waals surface area contributed by atoms with Crippen molar-refractivity contribution in [2.45, 2.75) is 44.6 Å². The summed E-state index contributed by atoms with van der Waals surface area (Å²) in [6, 6.07) is 4.32. The van der Waals surface area contributed by atoms with Crippen LogP contribution in [0.25, 0.3) is 0 Å². The van der Waals surface area contributed by atoms with Crippen LogP contribution >= 0.6 is 0 Å². The largest absolute Gasteiger partial charge is 0.396 e. The van der Waals surface area contributed by atoms with Crippen LogP contribution in [0.15, 0.2) is 24.5 Å². The summed E-state index contributed by atoms with van der Waals surface area (Å²) in [5.74, 6) is 0.218. The summed E-state index contributed by atoms with van der Waals surface area (Å²) in [6.45, 7) is 0.844. The summed E-state index contributed by atoms with van der Waals surface area (Å²) in [5, 5.41) is 8.93. The first kappa shape index (κ1) is 14.0. The second-order valence-corrected chi connectivity index (χ2v) is 5.10. The molecular weight excluding hydrogens is 240 g/mol. The van der Waals surface area contributed by atoms with E-state index in [1.807, 2.05) is 17.0 Å². The van der Waals surface area contributed by atoms with Crippen molar-refractivity contribution in [3.8, 4) is 0 Å². The highest BCUT2D eigenvalue weighted by Gasteiger charge is 2.27. The first-order valence-corrected chi connectivity index (χ1v) is 7.10. The molecule has 0 aromatic carbocycles. The molecule has 4 heteroatoms. The topological polar surface area (TPSA) is 53.4 Å². The quantitative estimate of drug-likeness (QED) is 0.815. The Hall–Kier alpha value is -1.42. The number of nitrogens with zero attached hydrogens (tertiary/aromatic N) is 2. The third-order valence-corrected chi connectivity index (χ3v) is 3.77. The minimum absolute atomic E-state index is 0.154. The lowest BCUT2D eigenvalue weighted by Gasteiger charge is -2.37. The lowest BCUT2D eigenvalue weighted by molar-refractivity contribution is -0.135. The van der Waals surface area contributed by atoms with Gasteiger partial charge in [-0.05, 0) is 49.8 Å². The molecule has 1 fully saturated rings. The highest BCUT2D eigenvalue weighted by Crippen LogP contribution is 2.25. The van der Waals surface area contributed by atoms with Gasteiger partial charge < -0.3 is 10.0 Å². The van der Waals surface area contributed by atoms with E-state index in [0.29, 0.717) is 25.4 Å².